The fraction of sp³-hybridized carbons (Fsp3) is 0. The van der Waals surface area contributed by atoms with Crippen molar-refractivity contribution < 1.29 is 0 Å². The number of nitrogens with two attached hydrogens (primary N) is 1. The highest BCUT2D eigenvalue weighted by Gasteiger charge is 2.05. The van der Waals surface area contributed by atoms with Crippen molar-refractivity contribution >= 4 is 16.6 Å². The number of para-hydroxylation sites is 2. The van der Waals surface area contributed by atoms with Gasteiger partial charge in [-0.1, -0.05) is 12.1 Å². The highest BCUT2D eigenvalue weighted by atomic mass is 14.9. The molecule has 0 fully saturated rings. The lowest BCUT2D eigenvalue weighted by atomic mass is 10.3. The van der Waals surface area contributed by atoms with Crippen molar-refractivity contribution in [3.05, 3.63) is 36.3 Å². The smallest absolute Gasteiger partial charge is 0.150 e. The quantitative estimate of drug-likeness (QED) is 0.657. The summed E-state index contributed by atoms with van der Waals surface area (Å²) >= 11 is 0. The van der Waals surface area contributed by atoms with Crippen LogP contribution in [-0.2, 0) is 0 Å². The van der Waals surface area contributed by atoms with Gasteiger partial charge in [-0.3, -0.25) is 0 Å². The van der Waals surface area contributed by atoms with Crippen molar-refractivity contribution in [3.8, 4) is 6.07 Å². The largest absolute Gasteiger partial charge is 0.403 e. The number of rotatable bonds is 1. The van der Waals surface area contributed by atoms with E-state index in [1.807, 2.05) is 30.3 Å². The first-order chi connectivity index (χ1) is 6.85. The lowest BCUT2D eigenvalue weighted by Crippen LogP contribution is -1.88. The number of nitrogens with zero attached hydrogens (tertiary/aromatic N) is 2. The first kappa shape index (κ1) is 8.32. The summed E-state index contributed by atoms with van der Waals surface area (Å²) in [5.74, 6) is 0.510. The molecule has 2 aromatic rings. The fourth-order valence-corrected chi connectivity index (χ4v) is 1.25. The topological polar surface area (TPSA) is 78.5 Å². The van der Waals surface area contributed by atoms with Crippen LogP contribution >= 0.6 is 0 Å². The maximum Gasteiger partial charge on any atom is 0.150 e. The number of aromatic nitrogens is 2. The van der Waals surface area contributed by atoms with E-state index in [0.29, 0.717) is 11.4 Å². The molecule has 1 aromatic carbocycles. The second kappa shape index (κ2) is 3.23. The van der Waals surface area contributed by atoms with E-state index < -0.39 is 0 Å². The second-order valence-corrected chi connectivity index (χ2v) is 2.79. The van der Waals surface area contributed by atoms with Gasteiger partial charge in [0.2, 0.25) is 0 Å². The predicted molar refractivity (Wildman–Crippen MR) is 53.9 cm³/mol. The molecule has 2 rings (SSSR count). The average molecular weight is 184 g/mol. The molecule has 3 N–H and O–H groups in total. The Hall–Kier alpha value is -2.28. The Bertz CT molecular complexity index is 497. The van der Waals surface area contributed by atoms with Crippen LogP contribution in [0.3, 0.4) is 0 Å². The number of hydrogen-bond donors (Lipinski definition) is 2. The Labute approximate surface area is 80.7 Å². The molecule has 0 radical (unpaired) electrons. The van der Waals surface area contributed by atoms with Crippen LogP contribution in [0.25, 0.3) is 16.6 Å². The number of fused-ring (bicyclic) bond motifs is 1. The van der Waals surface area contributed by atoms with Crippen LogP contribution < -0.4 is 5.73 Å². The van der Waals surface area contributed by atoms with Gasteiger partial charge in [0, 0.05) is 6.20 Å². The lowest BCUT2D eigenvalue weighted by Gasteiger charge is -1.87. The van der Waals surface area contributed by atoms with Gasteiger partial charge < -0.3 is 10.7 Å². The molecule has 4 heteroatoms. The van der Waals surface area contributed by atoms with Crippen molar-refractivity contribution in [3.63, 3.8) is 0 Å². The predicted octanol–water partition coefficient (Wildman–Crippen LogP) is 1.39. The maximum absolute atomic E-state index is 8.75. The van der Waals surface area contributed by atoms with Crippen molar-refractivity contribution in [2.24, 2.45) is 5.73 Å². The van der Waals surface area contributed by atoms with E-state index in [2.05, 4.69) is 9.97 Å². The monoisotopic (exact) mass is 184 g/mol. The second-order valence-electron chi connectivity index (χ2n) is 2.79. The summed E-state index contributed by atoms with van der Waals surface area (Å²) < 4.78 is 0. The Kier molecular flexibility index (Phi) is 1.92. The van der Waals surface area contributed by atoms with E-state index in [4.69, 9.17) is 11.0 Å². The molecule has 68 valence electrons. The SMILES string of the molecule is N#CC(=CN)c1nc2ccccc2[nH]1. The number of nitrogens with one attached hydrogen (secondary N) is 1. The average Bonchev–Trinajstić information content (AvgIpc) is 2.63. The molecular formula is C10H8N4. The summed E-state index contributed by atoms with van der Waals surface area (Å²) in [6.45, 7) is 0. The molecule has 1 heterocycles. The Morgan fingerprint density at radius 3 is 2.93 bits per heavy atom. The lowest BCUT2D eigenvalue weighted by molar-refractivity contribution is 1.26. The molecule has 0 bridgehead atoms. The summed E-state index contributed by atoms with van der Waals surface area (Å²) in [6, 6.07) is 9.55. The number of H-pyrrole nitrogens is 1. The molecule has 0 amide bonds. The van der Waals surface area contributed by atoms with Gasteiger partial charge in [0.25, 0.3) is 0 Å². The van der Waals surface area contributed by atoms with Gasteiger partial charge in [-0.15, -0.1) is 0 Å². The van der Waals surface area contributed by atoms with Gasteiger partial charge in [0.1, 0.15) is 11.6 Å². The fourth-order valence-electron chi connectivity index (χ4n) is 1.25. The Balaban J connectivity index is 2.62. The van der Waals surface area contributed by atoms with E-state index in [-0.39, 0.29) is 0 Å². The molecular weight excluding hydrogens is 176 g/mol. The molecule has 0 saturated carbocycles. The number of hydrogen-bond acceptors (Lipinski definition) is 3. The van der Waals surface area contributed by atoms with Crippen LogP contribution in [0.2, 0.25) is 0 Å². The van der Waals surface area contributed by atoms with Crippen LogP contribution in [0.5, 0.6) is 0 Å². The molecule has 1 aromatic heterocycles. The number of benzene rings is 1. The molecule has 0 saturated heterocycles. The van der Waals surface area contributed by atoms with Gasteiger partial charge in [0.05, 0.1) is 11.0 Å². The summed E-state index contributed by atoms with van der Waals surface area (Å²) in [5, 5.41) is 8.75. The Morgan fingerprint density at radius 1 is 1.50 bits per heavy atom. The van der Waals surface area contributed by atoms with Crippen molar-refractivity contribution in [2.45, 2.75) is 0 Å². The van der Waals surface area contributed by atoms with Gasteiger partial charge in [-0.05, 0) is 12.1 Å². The van der Waals surface area contributed by atoms with Gasteiger partial charge >= 0.3 is 0 Å². The first-order valence-corrected chi connectivity index (χ1v) is 4.12. The van der Waals surface area contributed by atoms with Gasteiger partial charge in [-0.2, -0.15) is 5.26 Å². The molecule has 0 spiro atoms. The van der Waals surface area contributed by atoms with E-state index >= 15 is 0 Å². The van der Waals surface area contributed by atoms with Crippen LogP contribution in [0, 0.1) is 11.3 Å². The summed E-state index contributed by atoms with van der Waals surface area (Å²) in [7, 11) is 0. The molecule has 4 nitrogen and oxygen atoms in total. The summed E-state index contributed by atoms with van der Waals surface area (Å²) in [4.78, 5) is 7.24. The third-order valence-electron chi connectivity index (χ3n) is 1.93. The van der Waals surface area contributed by atoms with Crippen LogP contribution in [0.15, 0.2) is 30.5 Å². The van der Waals surface area contributed by atoms with Crippen molar-refractivity contribution in [1.82, 2.24) is 9.97 Å². The number of allylic oxidation sites excluding steroid dienone is 1. The minimum absolute atomic E-state index is 0.348. The zero-order chi connectivity index (χ0) is 9.97. The molecule has 0 aliphatic carbocycles. The number of nitriles is 1. The molecule has 0 aliphatic heterocycles. The van der Waals surface area contributed by atoms with Crippen molar-refractivity contribution in [1.29, 1.82) is 5.26 Å². The van der Waals surface area contributed by atoms with E-state index in [9.17, 15) is 0 Å². The van der Waals surface area contributed by atoms with Gasteiger partial charge in [-0.25, -0.2) is 4.98 Å². The number of imidazole rings is 1. The zero-order valence-corrected chi connectivity index (χ0v) is 7.36. The molecule has 0 atom stereocenters. The Morgan fingerprint density at radius 2 is 2.29 bits per heavy atom. The van der Waals surface area contributed by atoms with E-state index in [1.54, 1.807) is 0 Å². The maximum atomic E-state index is 8.75. The third kappa shape index (κ3) is 1.21. The third-order valence-corrected chi connectivity index (χ3v) is 1.93. The van der Waals surface area contributed by atoms with E-state index in [0.717, 1.165) is 11.0 Å². The normalized spacial score (nSPS) is 11.5. The van der Waals surface area contributed by atoms with Crippen molar-refractivity contribution in [2.75, 3.05) is 0 Å². The standard InChI is InChI=1S/C10H8N4/c11-5-7(6-12)10-13-8-3-1-2-4-9(8)14-10/h1-5H,11H2,(H,13,14). The van der Waals surface area contributed by atoms with E-state index in [1.165, 1.54) is 6.20 Å². The summed E-state index contributed by atoms with van der Waals surface area (Å²) in [5.41, 5.74) is 7.37. The number of aromatic amines is 1. The first-order valence-electron chi connectivity index (χ1n) is 4.12. The molecule has 0 unspecified atom stereocenters. The minimum atomic E-state index is 0.348. The zero-order valence-electron chi connectivity index (χ0n) is 7.36. The summed E-state index contributed by atoms with van der Waals surface area (Å²) in [6.07, 6.45) is 1.25. The highest BCUT2D eigenvalue weighted by Crippen LogP contribution is 2.15. The highest BCUT2D eigenvalue weighted by molar-refractivity contribution is 5.81. The van der Waals surface area contributed by atoms with Crippen LogP contribution in [-0.4, -0.2) is 9.97 Å². The minimum Gasteiger partial charge on any atom is -0.403 e. The van der Waals surface area contributed by atoms with Crippen LogP contribution in [0.1, 0.15) is 5.82 Å². The van der Waals surface area contributed by atoms with Gasteiger partial charge in [0.15, 0.2) is 5.82 Å². The molecule has 14 heavy (non-hydrogen) atoms. The van der Waals surface area contributed by atoms with Crippen LogP contribution in [0.4, 0.5) is 0 Å². The molecule has 0 aliphatic rings.